The largest absolute Gasteiger partial charge is 0.363 e. The Kier molecular flexibility index (Phi) is 2.66. The van der Waals surface area contributed by atoms with Gasteiger partial charge < -0.3 is 11.1 Å². The zero-order valence-corrected chi connectivity index (χ0v) is 10.0. The molecule has 0 spiro atoms. The van der Waals surface area contributed by atoms with E-state index < -0.39 is 5.91 Å². The summed E-state index contributed by atoms with van der Waals surface area (Å²) in [7, 11) is 0. The summed E-state index contributed by atoms with van der Waals surface area (Å²) in [6.45, 7) is 0.635. The maximum Gasteiger partial charge on any atom is 0.288 e. The molecular formula is C12H12FN5O. The van der Waals surface area contributed by atoms with E-state index in [1.165, 1.54) is 10.7 Å². The number of nitrogens with one attached hydrogen (secondary N) is 1. The van der Waals surface area contributed by atoms with Gasteiger partial charge in [0.1, 0.15) is 5.82 Å². The number of amides is 1. The van der Waals surface area contributed by atoms with Gasteiger partial charge in [0.05, 0.1) is 6.04 Å². The SMILES string of the molecule is NC(=O)c1nc2n(n1)C(c1ccccc1F)CCN2. The zero-order valence-electron chi connectivity index (χ0n) is 10.0. The van der Waals surface area contributed by atoms with Crippen LogP contribution in [0.25, 0.3) is 0 Å². The molecule has 0 radical (unpaired) electrons. The van der Waals surface area contributed by atoms with E-state index in [-0.39, 0.29) is 17.7 Å². The summed E-state index contributed by atoms with van der Waals surface area (Å²) in [6.07, 6.45) is 0.662. The van der Waals surface area contributed by atoms with E-state index in [0.29, 0.717) is 24.5 Å². The Balaban J connectivity index is 2.07. The number of nitrogens with two attached hydrogens (primary N) is 1. The van der Waals surface area contributed by atoms with Crippen LogP contribution in [0.1, 0.15) is 28.6 Å². The molecule has 0 aliphatic carbocycles. The van der Waals surface area contributed by atoms with Crippen molar-refractivity contribution < 1.29 is 9.18 Å². The van der Waals surface area contributed by atoms with Gasteiger partial charge in [-0.2, -0.15) is 4.98 Å². The number of carbonyl (C=O) groups excluding carboxylic acids is 1. The number of carbonyl (C=O) groups is 1. The minimum atomic E-state index is -0.698. The standard InChI is InChI=1S/C12H12FN5O/c13-8-4-2-1-3-7(8)9-5-6-15-12-16-11(10(14)19)17-18(9)12/h1-4,9H,5-6H2,(H2,14,19)(H,15,16,17). The molecule has 19 heavy (non-hydrogen) atoms. The van der Waals surface area contributed by atoms with Crippen LogP contribution in [-0.4, -0.2) is 27.2 Å². The van der Waals surface area contributed by atoms with Gasteiger partial charge in [0.2, 0.25) is 11.8 Å². The summed E-state index contributed by atoms with van der Waals surface area (Å²) >= 11 is 0. The van der Waals surface area contributed by atoms with Gasteiger partial charge in [-0.25, -0.2) is 9.07 Å². The van der Waals surface area contributed by atoms with Gasteiger partial charge in [0.15, 0.2) is 0 Å². The van der Waals surface area contributed by atoms with Crippen LogP contribution in [0.5, 0.6) is 0 Å². The van der Waals surface area contributed by atoms with E-state index in [2.05, 4.69) is 15.4 Å². The third kappa shape index (κ3) is 1.92. The van der Waals surface area contributed by atoms with Crippen LogP contribution < -0.4 is 11.1 Å². The minimum Gasteiger partial charge on any atom is -0.363 e. The van der Waals surface area contributed by atoms with E-state index in [1.54, 1.807) is 18.2 Å². The lowest BCUT2D eigenvalue weighted by molar-refractivity contribution is 0.0990. The van der Waals surface area contributed by atoms with Crippen molar-refractivity contribution in [3.05, 3.63) is 41.5 Å². The van der Waals surface area contributed by atoms with Gasteiger partial charge in [-0.3, -0.25) is 4.79 Å². The lowest BCUT2D eigenvalue weighted by Gasteiger charge is -2.24. The molecule has 0 saturated carbocycles. The number of halogens is 1. The van der Waals surface area contributed by atoms with Crippen LogP contribution in [-0.2, 0) is 0 Å². The number of primary amides is 1. The molecule has 1 aliphatic rings. The maximum atomic E-state index is 13.9. The molecule has 1 atom stereocenters. The van der Waals surface area contributed by atoms with E-state index in [9.17, 15) is 9.18 Å². The molecule has 2 heterocycles. The Morgan fingerprint density at radius 3 is 3.00 bits per heavy atom. The summed E-state index contributed by atoms with van der Waals surface area (Å²) in [5.41, 5.74) is 5.69. The van der Waals surface area contributed by atoms with E-state index in [0.717, 1.165) is 0 Å². The number of rotatable bonds is 2. The highest BCUT2D eigenvalue weighted by molar-refractivity contribution is 5.89. The van der Waals surface area contributed by atoms with Gasteiger partial charge in [0, 0.05) is 12.1 Å². The topological polar surface area (TPSA) is 85.8 Å². The summed E-state index contributed by atoms with van der Waals surface area (Å²) < 4.78 is 15.4. The third-order valence-corrected chi connectivity index (χ3v) is 3.11. The van der Waals surface area contributed by atoms with Crippen LogP contribution in [0, 0.1) is 5.82 Å². The molecule has 7 heteroatoms. The van der Waals surface area contributed by atoms with Crippen molar-refractivity contribution in [3.63, 3.8) is 0 Å². The number of fused-ring (bicyclic) bond motifs is 1. The number of nitrogens with zero attached hydrogens (tertiary/aromatic N) is 3. The second-order valence-electron chi connectivity index (χ2n) is 4.32. The number of anilines is 1. The first-order chi connectivity index (χ1) is 9.16. The number of benzene rings is 1. The van der Waals surface area contributed by atoms with E-state index in [1.807, 2.05) is 0 Å². The van der Waals surface area contributed by atoms with Gasteiger partial charge in [-0.15, -0.1) is 5.10 Å². The van der Waals surface area contributed by atoms with Crippen molar-refractivity contribution in [2.45, 2.75) is 12.5 Å². The molecule has 2 aromatic rings. The van der Waals surface area contributed by atoms with E-state index >= 15 is 0 Å². The summed E-state index contributed by atoms with van der Waals surface area (Å²) in [6, 6.07) is 6.24. The molecule has 6 nitrogen and oxygen atoms in total. The maximum absolute atomic E-state index is 13.9. The molecule has 1 aliphatic heterocycles. The molecular weight excluding hydrogens is 249 g/mol. The minimum absolute atomic E-state index is 0.0641. The summed E-state index contributed by atoms with van der Waals surface area (Å²) in [5, 5.41) is 7.07. The molecule has 1 unspecified atom stereocenters. The first-order valence-corrected chi connectivity index (χ1v) is 5.91. The zero-order chi connectivity index (χ0) is 13.4. The fourth-order valence-electron chi connectivity index (χ4n) is 2.24. The Morgan fingerprint density at radius 2 is 2.26 bits per heavy atom. The van der Waals surface area contributed by atoms with Crippen LogP contribution in [0.4, 0.5) is 10.3 Å². The molecule has 1 aromatic heterocycles. The Labute approximate surface area is 108 Å². The highest BCUT2D eigenvalue weighted by Crippen LogP contribution is 2.29. The first-order valence-electron chi connectivity index (χ1n) is 5.91. The van der Waals surface area contributed by atoms with Crippen molar-refractivity contribution >= 4 is 11.9 Å². The van der Waals surface area contributed by atoms with Crippen LogP contribution in [0.2, 0.25) is 0 Å². The molecule has 0 saturated heterocycles. The Morgan fingerprint density at radius 1 is 1.47 bits per heavy atom. The van der Waals surface area contributed by atoms with E-state index in [4.69, 9.17) is 5.73 Å². The molecule has 3 N–H and O–H groups in total. The Bertz CT molecular complexity index is 639. The van der Waals surface area contributed by atoms with Crippen molar-refractivity contribution in [3.8, 4) is 0 Å². The average Bonchev–Trinajstić information content (AvgIpc) is 2.83. The second-order valence-corrected chi connectivity index (χ2v) is 4.32. The fraction of sp³-hybridized carbons (Fsp3) is 0.250. The van der Waals surface area contributed by atoms with Crippen LogP contribution in [0.15, 0.2) is 24.3 Å². The molecule has 0 bridgehead atoms. The van der Waals surface area contributed by atoms with Crippen LogP contribution >= 0.6 is 0 Å². The summed E-state index contributed by atoms with van der Waals surface area (Å²) in [5.74, 6) is -0.619. The monoisotopic (exact) mass is 261 g/mol. The predicted octanol–water partition coefficient (Wildman–Crippen LogP) is 0.921. The molecule has 0 fully saturated rings. The number of aromatic nitrogens is 3. The van der Waals surface area contributed by atoms with Gasteiger partial charge in [-0.05, 0) is 12.5 Å². The van der Waals surface area contributed by atoms with Crippen molar-refractivity contribution in [2.24, 2.45) is 5.73 Å². The highest BCUT2D eigenvalue weighted by atomic mass is 19.1. The van der Waals surface area contributed by atoms with Crippen molar-refractivity contribution in [1.82, 2.24) is 14.8 Å². The lowest BCUT2D eigenvalue weighted by Crippen LogP contribution is -2.25. The highest BCUT2D eigenvalue weighted by Gasteiger charge is 2.27. The summed E-state index contributed by atoms with van der Waals surface area (Å²) in [4.78, 5) is 15.1. The molecule has 3 rings (SSSR count). The van der Waals surface area contributed by atoms with Gasteiger partial charge in [-0.1, -0.05) is 18.2 Å². The van der Waals surface area contributed by atoms with Crippen molar-refractivity contribution in [2.75, 3.05) is 11.9 Å². The Hall–Kier alpha value is -2.44. The number of hydrogen-bond donors (Lipinski definition) is 2. The second kappa shape index (κ2) is 4.34. The lowest BCUT2D eigenvalue weighted by atomic mass is 10.0. The normalized spacial score (nSPS) is 17.6. The smallest absolute Gasteiger partial charge is 0.288 e. The molecule has 1 amide bonds. The fourth-order valence-corrected chi connectivity index (χ4v) is 2.24. The van der Waals surface area contributed by atoms with Gasteiger partial charge >= 0.3 is 0 Å². The molecule has 1 aromatic carbocycles. The predicted molar refractivity (Wildman–Crippen MR) is 66.2 cm³/mol. The van der Waals surface area contributed by atoms with Crippen molar-refractivity contribution in [1.29, 1.82) is 0 Å². The van der Waals surface area contributed by atoms with Gasteiger partial charge in [0.25, 0.3) is 5.91 Å². The first kappa shape index (κ1) is 11.6. The number of hydrogen-bond acceptors (Lipinski definition) is 4. The van der Waals surface area contributed by atoms with Crippen LogP contribution in [0.3, 0.4) is 0 Å². The molecule has 98 valence electrons. The third-order valence-electron chi connectivity index (χ3n) is 3.11. The average molecular weight is 261 g/mol. The quantitative estimate of drug-likeness (QED) is 0.841.